The minimum absolute atomic E-state index is 0.00175. The Labute approximate surface area is 110 Å². The number of hydrogen-bond acceptors (Lipinski definition) is 6. The fourth-order valence-electron chi connectivity index (χ4n) is 1.03. The van der Waals surface area contributed by atoms with Crippen LogP contribution in [0.3, 0.4) is 0 Å². The lowest BCUT2D eigenvalue weighted by atomic mass is 10.2. The van der Waals surface area contributed by atoms with Crippen molar-refractivity contribution in [3.05, 3.63) is 0 Å². The van der Waals surface area contributed by atoms with E-state index in [9.17, 15) is 4.79 Å². The van der Waals surface area contributed by atoms with Crippen molar-refractivity contribution >= 4 is 34.1 Å². The van der Waals surface area contributed by atoms with Crippen molar-refractivity contribution in [3.8, 4) is 0 Å². The Balaban J connectivity index is 2.48. The molecule has 1 heterocycles. The molecule has 0 aromatic carbocycles. The Kier molecular flexibility index (Phi) is 5.70. The number of nitrogens with zero attached hydrogens (tertiary/aromatic N) is 2. The summed E-state index contributed by atoms with van der Waals surface area (Å²) in [6, 6.07) is 0. The van der Waals surface area contributed by atoms with Crippen LogP contribution in [0.1, 0.15) is 20.8 Å². The Morgan fingerprint density at radius 1 is 1.41 bits per heavy atom. The first-order valence-electron chi connectivity index (χ1n) is 5.48. The molecule has 1 aromatic rings. The Hall–Kier alpha value is -0.820. The first-order valence-corrected chi connectivity index (χ1v) is 7.18. The second kappa shape index (κ2) is 6.80. The molecule has 17 heavy (non-hydrogen) atoms. The van der Waals surface area contributed by atoms with Crippen LogP contribution in [0.15, 0.2) is 4.34 Å². The third-order valence-electron chi connectivity index (χ3n) is 1.96. The van der Waals surface area contributed by atoms with Crippen LogP contribution in [0.4, 0.5) is 5.13 Å². The third kappa shape index (κ3) is 4.91. The summed E-state index contributed by atoms with van der Waals surface area (Å²) in [5, 5.41) is 14.6. The summed E-state index contributed by atoms with van der Waals surface area (Å²) in [7, 11) is 1.63. The maximum atomic E-state index is 11.3. The fourth-order valence-corrected chi connectivity index (χ4v) is 2.99. The molecule has 2 N–H and O–H groups in total. The summed E-state index contributed by atoms with van der Waals surface area (Å²) in [5.41, 5.74) is 0. The van der Waals surface area contributed by atoms with Gasteiger partial charge in [-0.2, -0.15) is 0 Å². The maximum Gasteiger partial charge on any atom is 0.233 e. The molecule has 0 unspecified atom stereocenters. The SMILES string of the molecule is CNC(=O)[C@H](C)Sc1nnc(NCC(C)C)s1. The molecule has 0 spiro atoms. The van der Waals surface area contributed by atoms with Gasteiger partial charge in [0.05, 0.1) is 5.25 Å². The molecule has 0 fully saturated rings. The first kappa shape index (κ1) is 14.2. The molecule has 0 saturated heterocycles. The van der Waals surface area contributed by atoms with Gasteiger partial charge in [0.1, 0.15) is 0 Å². The topological polar surface area (TPSA) is 66.9 Å². The molecule has 1 rings (SSSR count). The Bertz CT molecular complexity index is 367. The summed E-state index contributed by atoms with van der Waals surface area (Å²) < 4.78 is 0.812. The van der Waals surface area contributed by atoms with Gasteiger partial charge in [-0.15, -0.1) is 10.2 Å². The summed E-state index contributed by atoms with van der Waals surface area (Å²) in [6.07, 6.45) is 0. The molecule has 0 radical (unpaired) electrons. The molecule has 0 aliphatic carbocycles. The van der Waals surface area contributed by atoms with Crippen molar-refractivity contribution in [2.24, 2.45) is 5.92 Å². The van der Waals surface area contributed by atoms with E-state index < -0.39 is 0 Å². The molecule has 5 nitrogen and oxygen atoms in total. The predicted octanol–water partition coefficient (Wildman–Crippen LogP) is 1.83. The fraction of sp³-hybridized carbons (Fsp3) is 0.700. The van der Waals surface area contributed by atoms with Crippen LogP contribution < -0.4 is 10.6 Å². The third-order valence-corrected chi connectivity index (χ3v) is 4.03. The van der Waals surface area contributed by atoms with E-state index in [0.29, 0.717) is 5.92 Å². The van der Waals surface area contributed by atoms with Crippen molar-refractivity contribution in [1.82, 2.24) is 15.5 Å². The second-order valence-electron chi connectivity index (χ2n) is 4.02. The summed E-state index contributed by atoms with van der Waals surface area (Å²) >= 11 is 2.90. The summed E-state index contributed by atoms with van der Waals surface area (Å²) in [4.78, 5) is 11.3. The van der Waals surface area contributed by atoms with Crippen LogP contribution in [0.25, 0.3) is 0 Å². The van der Waals surface area contributed by atoms with Gasteiger partial charge in [-0.1, -0.05) is 36.9 Å². The number of thioether (sulfide) groups is 1. The molecule has 7 heteroatoms. The number of amides is 1. The molecule has 1 aromatic heterocycles. The first-order chi connectivity index (χ1) is 8.02. The zero-order valence-corrected chi connectivity index (χ0v) is 12.1. The highest BCUT2D eigenvalue weighted by atomic mass is 32.2. The largest absolute Gasteiger partial charge is 0.360 e. The quantitative estimate of drug-likeness (QED) is 0.775. The van der Waals surface area contributed by atoms with Gasteiger partial charge >= 0.3 is 0 Å². The molecule has 96 valence electrons. The minimum atomic E-state index is -0.147. The average Bonchev–Trinajstić information content (AvgIpc) is 2.73. The molecule has 0 saturated carbocycles. The predicted molar refractivity (Wildman–Crippen MR) is 72.6 cm³/mol. The number of anilines is 1. The number of nitrogens with one attached hydrogen (secondary N) is 2. The second-order valence-corrected chi connectivity index (χ2v) is 6.59. The number of rotatable bonds is 6. The van der Waals surface area contributed by atoms with Crippen molar-refractivity contribution < 1.29 is 4.79 Å². The van der Waals surface area contributed by atoms with Gasteiger partial charge in [0.2, 0.25) is 11.0 Å². The van der Waals surface area contributed by atoms with E-state index in [1.807, 2.05) is 6.92 Å². The highest BCUT2D eigenvalue weighted by Gasteiger charge is 2.15. The van der Waals surface area contributed by atoms with Gasteiger partial charge in [-0.3, -0.25) is 4.79 Å². The zero-order chi connectivity index (χ0) is 12.8. The highest BCUT2D eigenvalue weighted by molar-refractivity contribution is 8.02. The standard InChI is InChI=1S/C10H18N4OS2/c1-6(2)5-12-9-13-14-10(17-9)16-7(3)8(15)11-4/h6-7H,5H2,1-4H3,(H,11,15)(H,12,13)/t7-/m0/s1. The van der Waals surface area contributed by atoms with E-state index in [1.54, 1.807) is 7.05 Å². The van der Waals surface area contributed by atoms with Crippen LogP contribution in [-0.4, -0.2) is 34.9 Å². The number of aromatic nitrogens is 2. The highest BCUT2D eigenvalue weighted by Crippen LogP contribution is 2.28. The lowest BCUT2D eigenvalue weighted by Gasteiger charge is -2.06. The van der Waals surface area contributed by atoms with Crippen LogP contribution >= 0.6 is 23.1 Å². The van der Waals surface area contributed by atoms with Gasteiger partial charge in [0, 0.05) is 13.6 Å². The smallest absolute Gasteiger partial charge is 0.233 e. The van der Waals surface area contributed by atoms with Gasteiger partial charge in [-0.05, 0) is 12.8 Å². The maximum absolute atomic E-state index is 11.3. The van der Waals surface area contributed by atoms with Crippen molar-refractivity contribution in [2.75, 3.05) is 18.9 Å². The van der Waals surface area contributed by atoms with Crippen molar-refractivity contribution in [1.29, 1.82) is 0 Å². The Morgan fingerprint density at radius 3 is 2.71 bits per heavy atom. The van der Waals surface area contributed by atoms with Gasteiger partial charge in [0.25, 0.3) is 0 Å². The molecule has 1 atom stereocenters. The van der Waals surface area contributed by atoms with Crippen LogP contribution in [0.5, 0.6) is 0 Å². The van der Waals surface area contributed by atoms with Gasteiger partial charge < -0.3 is 10.6 Å². The van der Waals surface area contributed by atoms with Gasteiger partial charge in [0.15, 0.2) is 4.34 Å². The minimum Gasteiger partial charge on any atom is -0.360 e. The van der Waals surface area contributed by atoms with Crippen molar-refractivity contribution in [2.45, 2.75) is 30.4 Å². The summed E-state index contributed by atoms with van der Waals surface area (Å²) in [5.74, 6) is 0.571. The number of hydrogen-bond donors (Lipinski definition) is 2. The normalized spacial score (nSPS) is 12.5. The number of carbonyl (C=O) groups is 1. The van der Waals surface area contributed by atoms with E-state index in [-0.39, 0.29) is 11.2 Å². The van der Waals surface area contributed by atoms with E-state index in [4.69, 9.17) is 0 Å². The lowest BCUT2D eigenvalue weighted by molar-refractivity contribution is -0.119. The lowest BCUT2D eigenvalue weighted by Crippen LogP contribution is -2.27. The van der Waals surface area contributed by atoms with Gasteiger partial charge in [-0.25, -0.2) is 0 Å². The van der Waals surface area contributed by atoms with Crippen LogP contribution in [0, 0.1) is 5.92 Å². The molecular weight excluding hydrogens is 256 g/mol. The summed E-state index contributed by atoms with van der Waals surface area (Å²) in [6.45, 7) is 7.01. The van der Waals surface area contributed by atoms with E-state index >= 15 is 0 Å². The monoisotopic (exact) mass is 274 g/mol. The van der Waals surface area contributed by atoms with E-state index in [0.717, 1.165) is 16.0 Å². The molecule has 0 bridgehead atoms. The van der Waals surface area contributed by atoms with Crippen molar-refractivity contribution in [3.63, 3.8) is 0 Å². The zero-order valence-electron chi connectivity index (χ0n) is 10.5. The van der Waals surface area contributed by atoms with E-state index in [2.05, 4.69) is 34.7 Å². The molecular formula is C10H18N4OS2. The number of carbonyl (C=O) groups excluding carboxylic acids is 1. The molecule has 1 amide bonds. The van der Waals surface area contributed by atoms with E-state index in [1.165, 1.54) is 23.1 Å². The van der Waals surface area contributed by atoms with Crippen LogP contribution in [0.2, 0.25) is 0 Å². The average molecular weight is 274 g/mol. The molecule has 0 aliphatic heterocycles. The molecule has 0 aliphatic rings. The van der Waals surface area contributed by atoms with Crippen LogP contribution in [-0.2, 0) is 4.79 Å². The Morgan fingerprint density at radius 2 is 2.12 bits per heavy atom.